The van der Waals surface area contributed by atoms with Crippen LogP contribution in [0.1, 0.15) is 45.1 Å². The van der Waals surface area contributed by atoms with Crippen LogP contribution in [0.2, 0.25) is 0 Å². The third-order valence-corrected chi connectivity index (χ3v) is 4.80. The zero-order valence-electron chi connectivity index (χ0n) is 14.6. The van der Waals surface area contributed by atoms with Crippen molar-refractivity contribution in [1.82, 2.24) is 9.80 Å². The van der Waals surface area contributed by atoms with Crippen molar-refractivity contribution in [2.75, 3.05) is 19.6 Å². The molecule has 1 aromatic rings. The maximum Gasteiger partial charge on any atom is 0.242 e. The maximum absolute atomic E-state index is 13.7. The van der Waals surface area contributed by atoms with Gasteiger partial charge in [-0.15, -0.1) is 0 Å². The third-order valence-electron chi connectivity index (χ3n) is 4.80. The Morgan fingerprint density at radius 2 is 2.04 bits per heavy atom. The Morgan fingerprint density at radius 1 is 1.29 bits per heavy atom. The summed E-state index contributed by atoms with van der Waals surface area (Å²) in [6.07, 6.45) is 4.58. The van der Waals surface area contributed by atoms with Crippen molar-refractivity contribution in [3.63, 3.8) is 0 Å². The Labute approximate surface area is 143 Å². The molecule has 1 unspecified atom stereocenters. The lowest BCUT2D eigenvalue weighted by Crippen LogP contribution is -2.49. The third kappa shape index (κ3) is 4.79. The number of nitrogens with zero attached hydrogens (tertiary/aromatic N) is 2. The zero-order chi connectivity index (χ0) is 17.5. The summed E-state index contributed by atoms with van der Waals surface area (Å²) in [6, 6.07) is 6.84. The Balaban J connectivity index is 1.96. The van der Waals surface area contributed by atoms with E-state index in [9.17, 15) is 14.0 Å². The molecular formula is C19H27FN2O2. The molecule has 2 amide bonds. The fourth-order valence-corrected chi connectivity index (χ4v) is 3.31. The van der Waals surface area contributed by atoms with Crippen molar-refractivity contribution < 1.29 is 14.0 Å². The van der Waals surface area contributed by atoms with Crippen LogP contribution in [0.4, 0.5) is 4.39 Å². The molecule has 1 atom stereocenters. The number of halogens is 1. The van der Waals surface area contributed by atoms with Crippen LogP contribution in [0, 0.1) is 5.82 Å². The van der Waals surface area contributed by atoms with Crippen LogP contribution in [0.15, 0.2) is 24.3 Å². The van der Waals surface area contributed by atoms with Gasteiger partial charge in [-0.1, -0.05) is 25.1 Å². The van der Waals surface area contributed by atoms with E-state index in [4.69, 9.17) is 0 Å². The Bertz CT molecular complexity index is 576. The number of likely N-dealkylation sites (tertiary alicyclic amines) is 1. The second-order valence-corrected chi connectivity index (χ2v) is 6.43. The number of hydrogen-bond donors (Lipinski definition) is 0. The molecule has 0 radical (unpaired) electrons. The van der Waals surface area contributed by atoms with E-state index in [1.54, 1.807) is 18.2 Å². The van der Waals surface area contributed by atoms with Crippen LogP contribution in [0.5, 0.6) is 0 Å². The fourth-order valence-electron chi connectivity index (χ4n) is 3.31. The second-order valence-electron chi connectivity index (χ2n) is 6.43. The number of amides is 2. The van der Waals surface area contributed by atoms with Gasteiger partial charge in [0.2, 0.25) is 11.8 Å². The molecule has 1 saturated heterocycles. The molecule has 5 heteroatoms. The molecule has 0 N–H and O–H groups in total. The van der Waals surface area contributed by atoms with E-state index < -0.39 is 0 Å². The Kier molecular flexibility index (Phi) is 6.76. The summed E-state index contributed by atoms with van der Waals surface area (Å²) in [7, 11) is 0. The van der Waals surface area contributed by atoms with Crippen LogP contribution >= 0.6 is 0 Å². The first-order valence-corrected chi connectivity index (χ1v) is 8.81. The molecule has 0 aliphatic carbocycles. The normalized spacial score (nSPS) is 17.6. The zero-order valence-corrected chi connectivity index (χ0v) is 14.6. The minimum atomic E-state index is -0.269. The Hall–Kier alpha value is -1.91. The van der Waals surface area contributed by atoms with Crippen molar-refractivity contribution in [2.24, 2.45) is 0 Å². The van der Waals surface area contributed by atoms with E-state index in [2.05, 4.69) is 6.92 Å². The molecule has 0 saturated carbocycles. The first kappa shape index (κ1) is 18.4. The number of carbonyl (C=O) groups is 2. The molecule has 1 fully saturated rings. The minimum absolute atomic E-state index is 0.00489. The van der Waals surface area contributed by atoms with E-state index in [-0.39, 0.29) is 30.2 Å². The van der Waals surface area contributed by atoms with E-state index in [1.807, 2.05) is 4.90 Å². The molecule has 132 valence electrons. The second kappa shape index (κ2) is 8.81. The van der Waals surface area contributed by atoms with Gasteiger partial charge in [-0.25, -0.2) is 4.39 Å². The highest BCUT2D eigenvalue weighted by atomic mass is 19.1. The lowest BCUT2D eigenvalue weighted by Gasteiger charge is -2.36. The molecule has 0 bridgehead atoms. The van der Waals surface area contributed by atoms with Gasteiger partial charge in [-0.2, -0.15) is 0 Å². The SMILES string of the molecule is CCC1CCCCN1C(=O)CN(CCc1ccccc1F)C(C)=O. The van der Waals surface area contributed by atoms with E-state index in [1.165, 1.54) is 17.9 Å². The van der Waals surface area contributed by atoms with Gasteiger partial charge in [0.15, 0.2) is 0 Å². The summed E-state index contributed by atoms with van der Waals surface area (Å²) < 4.78 is 13.7. The van der Waals surface area contributed by atoms with Gasteiger partial charge in [-0.05, 0) is 43.7 Å². The lowest BCUT2D eigenvalue weighted by atomic mass is 10.00. The van der Waals surface area contributed by atoms with Gasteiger partial charge in [0.1, 0.15) is 5.82 Å². The molecule has 1 aliphatic rings. The summed E-state index contributed by atoms with van der Waals surface area (Å²) in [5.74, 6) is -0.413. The van der Waals surface area contributed by atoms with E-state index in [0.29, 0.717) is 18.5 Å². The maximum atomic E-state index is 13.7. The molecule has 2 rings (SSSR count). The standard InChI is InChI=1S/C19H27FN2O2/c1-3-17-9-6-7-12-22(17)19(24)14-21(15(2)23)13-11-16-8-4-5-10-18(16)20/h4-5,8,10,17H,3,6-7,9,11-14H2,1-2H3. The smallest absolute Gasteiger partial charge is 0.242 e. The lowest BCUT2D eigenvalue weighted by molar-refractivity contribution is -0.141. The first-order valence-electron chi connectivity index (χ1n) is 8.81. The number of benzene rings is 1. The molecule has 24 heavy (non-hydrogen) atoms. The quantitative estimate of drug-likeness (QED) is 0.802. The fraction of sp³-hybridized carbons (Fsp3) is 0.579. The van der Waals surface area contributed by atoms with Crippen LogP contribution in [-0.4, -0.2) is 47.3 Å². The topological polar surface area (TPSA) is 40.6 Å². The summed E-state index contributed by atoms with van der Waals surface area (Å²) in [5, 5.41) is 0. The van der Waals surface area contributed by atoms with Crippen LogP contribution < -0.4 is 0 Å². The van der Waals surface area contributed by atoms with E-state index >= 15 is 0 Å². The molecule has 4 nitrogen and oxygen atoms in total. The highest BCUT2D eigenvalue weighted by molar-refractivity contribution is 5.84. The van der Waals surface area contributed by atoms with Gasteiger partial charge < -0.3 is 9.80 Å². The average molecular weight is 334 g/mol. The predicted molar refractivity (Wildman–Crippen MR) is 92.0 cm³/mol. The number of carbonyl (C=O) groups excluding carboxylic acids is 2. The predicted octanol–water partition coefficient (Wildman–Crippen LogP) is 3.01. The first-order chi connectivity index (χ1) is 11.5. The van der Waals surface area contributed by atoms with Crippen molar-refractivity contribution in [3.8, 4) is 0 Å². The van der Waals surface area contributed by atoms with Crippen LogP contribution in [0.3, 0.4) is 0 Å². The summed E-state index contributed by atoms with van der Waals surface area (Å²) >= 11 is 0. The number of rotatable bonds is 6. The summed E-state index contributed by atoms with van der Waals surface area (Å²) in [4.78, 5) is 27.9. The van der Waals surface area contributed by atoms with E-state index in [0.717, 1.165) is 32.2 Å². The van der Waals surface area contributed by atoms with Crippen molar-refractivity contribution in [2.45, 2.75) is 52.0 Å². The molecule has 0 spiro atoms. The molecule has 0 aromatic heterocycles. The largest absolute Gasteiger partial charge is 0.338 e. The molecule has 1 aliphatic heterocycles. The van der Waals surface area contributed by atoms with Gasteiger partial charge in [0, 0.05) is 26.1 Å². The van der Waals surface area contributed by atoms with Crippen LogP contribution in [-0.2, 0) is 16.0 Å². The van der Waals surface area contributed by atoms with Gasteiger partial charge in [0.25, 0.3) is 0 Å². The highest BCUT2D eigenvalue weighted by Gasteiger charge is 2.27. The highest BCUT2D eigenvalue weighted by Crippen LogP contribution is 2.19. The minimum Gasteiger partial charge on any atom is -0.338 e. The van der Waals surface area contributed by atoms with Gasteiger partial charge in [0.05, 0.1) is 6.54 Å². The van der Waals surface area contributed by atoms with Crippen molar-refractivity contribution >= 4 is 11.8 Å². The number of piperidine rings is 1. The average Bonchev–Trinajstić information content (AvgIpc) is 2.59. The van der Waals surface area contributed by atoms with Gasteiger partial charge >= 0.3 is 0 Å². The summed E-state index contributed by atoms with van der Waals surface area (Å²) in [6.45, 7) is 4.77. The molecule has 1 aromatic carbocycles. The molecular weight excluding hydrogens is 307 g/mol. The Morgan fingerprint density at radius 3 is 2.71 bits per heavy atom. The monoisotopic (exact) mass is 334 g/mol. The van der Waals surface area contributed by atoms with Crippen molar-refractivity contribution in [1.29, 1.82) is 0 Å². The van der Waals surface area contributed by atoms with Crippen molar-refractivity contribution in [3.05, 3.63) is 35.6 Å². The van der Waals surface area contributed by atoms with Gasteiger partial charge in [-0.3, -0.25) is 9.59 Å². The molecule has 1 heterocycles. The van der Waals surface area contributed by atoms with Crippen LogP contribution in [0.25, 0.3) is 0 Å². The number of hydrogen-bond acceptors (Lipinski definition) is 2. The summed E-state index contributed by atoms with van der Waals surface area (Å²) in [5.41, 5.74) is 0.570.